The number of primary amides is 1. The number of nitrogens with two attached hydrogens (primary N) is 1. The van der Waals surface area contributed by atoms with Crippen molar-refractivity contribution in [1.29, 1.82) is 0 Å². The van der Waals surface area contributed by atoms with E-state index >= 15 is 4.21 Å². The van der Waals surface area contributed by atoms with Crippen molar-refractivity contribution in [2.75, 3.05) is 52.2 Å². The molecule has 2 aromatic rings. The van der Waals surface area contributed by atoms with Crippen molar-refractivity contribution in [3.8, 4) is 5.75 Å². The van der Waals surface area contributed by atoms with Crippen molar-refractivity contribution in [2.45, 2.75) is 156 Å². The number of hydrogen-bond acceptors (Lipinski definition) is 20. The highest BCUT2D eigenvalue weighted by Crippen LogP contribution is 2.38. The summed E-state index contributed by atoms with van der Waals surface area (Å²) in [5, 5.41) is 50.0. The van der Waals surface area contributed by atoms with Crippen molar-refractivity contribution in [3.63, 3.8) is 0 Å². The van der Waals surface area contributed by atoms with Gasteiger partial charge in [-0.15, -0.1) is 5.06 Å². The predicted molar refractivity (Wildman–Crippen MR) is 309 cm³/mol. The minimum Gasteiger partial charge on any atom is -0.496 e. The number of likely N-dealkylation sites (tertiary alicyclic amines) is 1. The fourth-order valence-electron chi connectivity index (χ4n) is 11.0. The number of rotatable bonds is 16. The third kappa shape index (κ3) is 16.7. The molecule has 12 amide bonds. The number of aliphatic hydroxyl groups is 3. The van der Waals surface area contributed by atoms with E-state index in [0.29, 0.717) is 59.6 Å². The number of ether oxygens (including phenoxy) is 1. The molecular formula is C55H76N12O19S2. The fourth-order valence-corrected chi connectivity index (χ4v) is 13.6. The van der Waals surface area contributed by atoms with Gasteiger partial charge in [-0.3, -0.25) is 61.7 Å². The van der Waals surface area contributed by atoms with Crippen molar-refractivity contribution in [2.24, 2.45) is 17.6 Å². The van der Waals surface area contributed by atoms with Crippen LogP contribution in [0.1, 0.15) is 96.1 Å². The van der Waals surface area contributed by atoms with E-state index in [9.17, 15) is 77.6 Å². The van der Waals surface area contributed by atoms with Crippen molar-refractivity contribution in [1.82, 2.24) is 57.1 Å². The van der Waals surface area contributed by atoms with Crippen molar-refractivity contribution in [3.05, 3.63) is 23.3 Å². The number of piperidine rings is 1. The lowest BCUT2D eigenvalue weighted by Gasteiger charge is -2.32. The zero-order valence-electron chi connectivity index (χ0n) is 49.0. The summed E-state index contributed by atoms with van der Waals surface area (Å²) in [5.41, 5.74) is 6.50. The van der Waals surface area contributed by atoms with Crippen LogP contribution in [-0.2, 0) is 90.1 Å². The molecule has 3 fully saturated rings. The Bertz CT molecular complexity index is 3070. The number of hydrogen-bond donors (Lipinski definition) is 12. The summed E-state index contributed by atoms with van der Waals surface area (Å²) in [4.78, 5) is 187. The number of amides is 12. The highest BCUT2D eigenvalue weighted by Gasteiger charge is 2.45. The summed E-state index contributed by atoms with van der Waals surface area (Å²) in [7, 11) is -1.06. The van der Waals surface area contributed by atoms with Crippen LogP contribution in [0.4, 0.5) is 0 Å². The van der Waals surface area contributed by atoms with Gasteiger partial charge in [-0.1, -0.05) is 27.2 Å². The molecule has 0 saturated carbocycles. The van der Waals surface area contributed by atoms with E-state index in [1.165, 1.54) is 25.8 Å². The van der Waals surface area contributed by atoms with Gasteiger partial charge in [-0.25, -0.2) is 4.79 Å². The number of carbonyl (C=O) groups is 13. The van der Waals surface area contributed by atoms with E-state index in [0.717, 1.165) is 4.90 Å². The summed E-state index contributed by atoms with van der Waals surface area (Å²) in [6, 6.07) is -7.09. The van der Waals surface area contributed by atoms with Gasteiger partial charge in [0, 0.05) is 86.0 Å². The van der Waals surface area contributed by atoms with Crippen LogP contribution in [0.2, 0.25) is 0 Å². The fraction of sp³-hybridized carbons (Fsp3) is 0.618. The van der Waals surface area contributed by atoms with Crippen molar-refractivity contribution >= 4 is 110 Å². The number of imide groups is 1. The molecule has 3 saturated heterocycles. The molecule has 31 nitrogen and oxygen atoms in total. The first-order valence-electron chi connectivity index (χ1n) is 29.0. The Kier molecular flexibility index (Phi) is 23.4. The molecule has 1 aromatic heterocycles. The van der Waals surface area contributed by atoms with Gasteiger partial charge in [-0.2, -0.15) is 11.8 Å². The molecule has 13 N–H and O–H groups in total. The standard InChI is InChI=1S/C55H76N12O19S2/c1-5-26(2)46-52(81)58-20-40(72)59-35-25-88(84)54-31(30-9-10-38(85-4)32(48(30)64-54)24-87-29-13-15-65(16-14-29)42(74)7-6-8-45(77)86-67-43(75)11-12-44(67)76)18-33(49(78)57-21-41(73)62-46)60-53(82)47(27(3)37(70)23-68)63-51(80)36-17-28(69)22-66(36)55(83)34(19-39(56)71)61-50(35)79/h9-10,26-29,33-37,46-47,64,68-70H,5-8,11-25H2,1-4H3,(H2,56,71)(H,57,78)(H,58,81)(H,59,72)(H,60,82)(H,61,79)(H,62,73)(H,63,80)/t26-,27-,28+,33-,34-,35-,36-,37-,46-,47-,88?/m0/s1. The number of nitrogens with zero attached hydrogens (tertiary/aromatic N) is 3. The second-order valence-electron chi connectivity index (χ2n) is 22.4. The first-order valence-corrected chi connectivity index (χ1v) is 31.3. The lowest BCUT2D eigenvalue weighted by Crippen LogP contribution is -2.62. The Morgan fingerprint density at radius 2 is 1.50 bits per heavy atom. The number of carbonyl (C=O) groups excluding carboxylic acids is 13. The lowest BCUT2D eigenvalue weighted by atomic mass is 9.93. The Hall–Kier alpha value is -7.75. The zero-order valence-corrected chi connectivity index (χ0v) is 50.7. The van der Waals surface area contributed by atoms with Crippen molar-refractivity contribution < 1.29 is 91.4 Å². The van der Waals surface area contributed by atoms with Crippen LogP contribution in [-0.4, -0.2) is 222 Å². The van der Waals surface area contributed by atoms with Gasteiger partial charge in [0.05, 0.1) is 67.5 Å². The average molecular weight is 1270 g/mol. The highest BCUT2D eigenvalue weighted by atomic mass is 32.2. The lowest BCUT2D eigenvalue weighted by molar-refractivity contribution is -0.197. The largest absolute Gasteiger partial charge is 0.496 e. The van der Waals surface area contributed by atoms with E-state index in [1.807, 2.05) is 0 Å². The number of aromatic amines is 1. The third-order valence-corrected chi connectivity index (χ3v) is 19.1. The number of aromatic nitrogens is 1. The Morgan fingerprint density at radius 3 is 2.15 bits per heavy atom. The van der Waals surface area contributed by atoms with E-state index in [4.69, 9.17) is 15.3 Å². The molecule has 0 aliphatic carbocycles. The number of fused-ring (bicyclic) bond motifs is 5. The molecule has 0 radical (unpaired) electrons. The van der Waals surface area contributed by atoms with E-state index < -0.39 is 193 Å². The smallest absolute Gasteiger partial charge is 0.333 e. The molecule has 482 valence electrons. The minimum atomic E-state index is -2.48. The van der Waals surface area contributed by atoms with Gasteiger partial charge in [0.25, 0.3) is 11.8 Å². The number of benzene rings is 1. The van der Waals surface area contributed by atoms with Gasteiger partial charge in [0.2, 0.25) is 59.1 Å². The average Bonchev–Trinajstić information content (AvgIpc) is 2.95. The molecule has 11 atom stereocenters. The number of methoxy groups -OCH3 is 1. The number of H-pyrrole nitrogens is 1. The number of thioether (sulfide) groups is 1. The summed E-state index contributed by atoms with van der Waals surface area (Å²) >= 11 is 1.51. The maximum absolute atomic E-state index is 15.4. The van der Waals surface area contributed by atoms with Gasteiger partial charge >= 0.3 is 5.97 Å². The maximum atomic E-state index is 15.4. The third-order valence-electron chi connectivity index (χ3n) is 16.2. The first kappa shape index (κ1) is 67.8. The number of hydroxylamine groups is 2. The SMILES string of the molecule is CC[C@H](C)[C@@H]1NC(=O)CNC(=O)[C@@H]2Cc3c([nH]c4c(CSC5CCN(C(=O)CCCC(=O)ON6C(=O)CCC6=O)CC5)c(OC)ccc34)S(=O)C[C@H](NC(=O)CNC1=O)C(=O)N[C@@H](CC(N)=O)C(=O)N1C[C@H](O)C[C@H]1C(=O)N[C@@H]([C@@H](C)[C@@H](O)CO)C(=O)N2. The molecule has 7 rings (SSSR count). The molecule has 2 bridgehead atoms. The van der Waals surface area contributed by atoms with Crippen LogP contribution in [0.5, 0.6) is 5.75 Å². The summed E-state index contributed by atoms with van der Waals surface area (Å²) in [5.74, 6) is -13.9. The first-order chi connectivity index (χ1) is 41.8. The Morgan fingerprint density at radius 1 is 0.830 bits per heavy atom. The number of aliphatic hydroxyl groups excluding tert-OH is 3. The molecule has 5 aliphatic rings. The normalized spacial score (nSPS) is 26.1. The van der Waals surface area contributed by atoms with Crippen LogP contribution in [0.25, 0.3) is 10.9 Å². The Labute approximate surface area is 511 Å². The Balaban J connectivity index is 1.28. The van der Waals surface area contributed by atoms with Crippen LogP contribution >= 0.6 is 11.8 Å². The molecule has 1 unspecified atom stereocenters. The molecule has 0 spiro atoms. The highest BCUT2D eigenvalue weighted by molar-refractivity contribution is 7.99. The van der Waals surface area contributed by atoms with Crippen LogP contribution in [0, 0.1) is 11.8 Å². The maximum Gasteiger partial charge on any atom is 0.333 e. The summed E-state index contributed by atoms with van der Waals surface area (Å²) in [6.45, 7) is 2.33. The molecule has 88 heavy (non-hydrogen) atoms. The van der Waals surface area contributed by atoms with E-state index in [2.05, 4.69) is 42.2 Å². The topological polar surface area (TPSA) is 454 Å². The zero-order chi connectivity index (χ0) is 64.3. The molecular weight excluding hydrogens is 1200 g/mol. The second-order valence-corrected chi connectivity index (χ2v) is 25.1. The van der Waals surface area contributed by atoms with E-state index in [1.54, 1.807) is 30.9 Å². The molecule has 33 heteroatoms. The summed E-state index contributed by atoms with van der Waals surface area (Å²) < 4.78 is 21.2. The van der Waals surface area contributed by atoms with Gasteiger partial charge in [0.1, 0.15) is 47.0 Å². The molecule has 5 aliphatic heterocycles. The van der Waals surface area contributed by atoms with Crippen LogP contribution in [0.3, 0.4) is 0 Å². The van der Waals surface area contributed by atoms with E-state index in [-0.39, 0.29) is 59.6 Å². The summed E-state index contributed by atoms with van der Waals surface area (Å²) in [6.07, 6.45) is -3.77. The second kappa shape index (κ2) is 30.4. The monoisotopic (exact) mass is 1270 g/mol. The van der Waals surface area contributed by atoms with Crippen LogP contribution < -0.4 is 47.7 Å². The van der Waals surface area contributed by atoms with Crippen LogP contribution in [0.15, 0.2) is 17.2 Å². The van der Waals surface area contributed by atoms with Gasteiger partial charge in [-0.05, 0) is 42.9 Å². The molecule has 6 heterocycles. The van der Waals surface area contributed by atoms with Gasteiger partial charge < -0.3 is 82.6 Å². The quantitative estimate of drug-likeness (QED) is 0.0704. The predicted octanol–water partition coefficient (Wildman–Crippen LogP) is -4.62. The minimum absolute atomic E-state index is 0.00668. The van der Waals surface area contributed by atoms with Gasteiger partial charge in [0.15, 0.2) is 0 Å². The molecule has 1 aromatic carbocycles. The number of nitrogens with one attached hydrogen (secondary N) is 8.